The second-order valence-electron chi connectivity index (χ2n) is 5.20. The predicted molar refractivity (Wildman–Crippen MR) is 89.1 cm³/mol. The summed E-state index contributed by atoms with van der Waals surface area (Å²) in [6, 6.07) is 0. The predicted octanol–water partition coefficient (Wildman–Crippen LogP) is -7.32. The Morgan fingerprint density at radius 1 is 0.733 bits per heavy atom. The van der Waals surface area contributed by atoms with Gasteiger partial charge in [0.2, 0.25) is 0 Å². The zero-order valence-corrected chi connectivity index (χ0v) is 15.6. The number of carbonyl (C=O) groups excluding carboxylic acids is 2. The molecule has 0 radical (unpaired) electrons. The number of carbonyl (C=O) groups is 3. The molecule has 17 nitrogen and oxygen atoms in total. The summed E-state index contributed by atoms with van der Waals surface area (Å²) in [6.45, 7) is -0.760. The Morgan fingerprint density at radius 2 is 1.03 bits per heavy atom. The lowest BCUT2D eigenvalue weighted by molar-refractivity contribution is -0.163. The molecule has 0 aromatic rings. The van der Waals surface area contributed by atoms with E-state index >= 15 is 0 Å². The van der Waals surface area contributed by atoms with Crippen LogP contribution in [0.1, 0.15) is 0 Å². The fourth-order valence-corrected chi connectivity index (χ4v) is 1.23. The number of hydrogen-bond acceptors (Lipinski definition) is 14. The van der Waals surface area contributed by atoms with E-state index < -0.39 is 71.8 Å². The summed E-state index contributed by atoms with van der Waals surface area (Å²) in [6.07, 6.45) is -15.2. The van der Waals surface area contributed by atoms with Gasteiger partial charge in [0.1, 0.15) is 42.7 Å². The van der Waals surface area contributed by atoms with Crippen LogP contribution in [0, 0.1) is 0 Å². The molecule has 0 aliphatic heterocycles. The van der Waals surface area contributed by atoms with E-state index in [1.807, 2.05) is 0 Å². The molecular weight excluding hydrogens is 448 g/mol. The summed E-state index contributed by atoms with van der Waals surface area (Å²) in [5.41, 5.74) is 0. The van der Waals surface area contributed by atoms with Gasteiger partial charge in [-0.15, -0.1) is 0 Å². The normalized spacial score (nSPS) is 19.0. The lowest BCUT2D eigenvalue weighted by atomic mass is 10.0. The first-order valence-corrected chi connectivity index (χ1v) is 8.74. The molecule has 0 saturated heterocycles. The molecule has 180 valence electrons. The second-order valence-corrected chi connectivity index (χ2v) is 6.09. The molecular formula is C12H24O17S. The third-order valence-electron chi connectivity index (χ3n) is 2.84. The number of aliphatic hydroxyl groups is 9. The fourth-order valence-electron chi connectivity index (χ4n) is 1.23. The molecule has 0 aliphatic rings. The number of aldehydes is 2. The largest absolute Gasteiger partial charge is 0.479 e. The smallest absolute Gasteiger partial charge is 0.394 e. The van der Waals surface area contributed by atoms with E-state index in [0.29, 0.717) is 0 Å². The van der Waals surface area contributed by atoms with Gasteiger partial charge in [-0.1, -0.05) is 0 Å². The van der Waals surface area contributed by atoms with Crippen LogP contribution >= 0.6 is 0 Å². The Balaban J connectivity index is -0.000000399. The lowest BCUT2D eigenvalue weighted by Crippen LogP contribution is -2.48. The number of rotatable bonds is 10. The van der Waals surface area contributed by atoms with E-state index in [2.05, 4.69) is 0 Å². The summed E-state index contributed by atoms with van der Waals surface area (Å²) in [7, 11) is -4.67. The van der Waals surface area contributed by atoms with Crippen LogP contribution in [0.4, 0.5) is 0 Å². The maximum absolute atomic E-state index is 10.1. The minimum Gasteiger partial charge on any atom is -0.479 e. The van der Waals surface area contributed by atoms with Crippen molar-refractivity contribution in [3.8, 4) is 0 Å². The zero-order valence-electron chi connectivity index (χ0n) is 14.8. The van der Waals surface area contributed by atoms with Crippen LogP contribution in [-0.4, -0.2) is 143 Å². The van der Waals surface area contributed by atoms with Gasteiger partial charge in [0.15, 0.2) is 18.7 Å². The molecule has 0 rings (SSSR count). The topological polar surface area (TPSA) is 328 Å². The van der Waals surface area contributed by atoms with Gasteiger partial charge in [-0.05, 0) is 0 Å². The molecule has 0 aromatic carbocycles. The molecule has 8 unspecified atom stereocenters. The fraction of sp³-hybridized carbons (Fsp3) is 0.750. The minimum absolute atomic E-state index is 0.0258. The number of hydrogen-bond donors (Lipinski definition) is 12. The summed E-state index contributed by atoms with van der Waals surface area (Å²) >= 11 is 0. The maximum atomic E-state index is 10.1. The third kappa shape index (κ3) is 16.2. The first kappa shape index (κ1) is 33.0. The Kier molecular flexibility index (Phi) is 17.7. The highest BCUT2D eigenvalue weighted by molar-refractivity contribution is 7.79. The van der Waals surface area contributed by atoms with E-state index in [0.717, 1.165) is 0 Å². The Labute approximate surface area is 168 Å². The molecule has 30 heavy (non-hydrogen) atoms. The standard InChI is InChI=1S/C6H10O7.C6H12O6.H2O4S/c7-1-2(8)3(9)4(10)5(11)6(12)13;7-1-3(9)5(11)6(12)4(10)2-8;1-5(2,3)4/h1-5,8-11H,(H,12,13);1,3-6,8-12H,2H2;(H2,1,2,3,4). The first-order chi connectivity index (χ1) is 13.5. The van der Waals surface area contributed by atoms with Crippen LogP contribution in [0.2, 0.25) is 0 Å². The molecule has 12 N–H and O–H groups in total. The zero-order chi connectivity index (χ0) is 24.8. The van der Waals surface area contributed by atoms with E-state index in [9.17, 15) is 14.4 Å². The van der Waals surface area contributed by atoms with Crippen molar-refractivity contribution < 1.29 is 83.0 Å². The lowest BCUT2D eigenvalue weighted by Gasteiger charge is -2.22. The van der Waals surface area contributed by atoms with Crippen molar-refractivity contribution in [2.45, 2.75) is 48.8 Å². The van der Waals surface area contributed by atoms with Crippen LogP contribution in [0.3, 0.4) is 0 Å². The van der Waals surface area contributed by atoms with Gasteiger partial charge >= 0.3 is 16.4 Å². The van der Waals surface area contributed by atoms with Crippen LogP contribution in [0.15, 0.2) is 0 Å². The monoisotopic (exact) mass is 472 g/mol. The quantitative estimate of drug-likeness (QED) is 0.104. The summed E-state index contributed by atoms with van der Waals surface area (Å²) < 4.78 is 31.6. The Hall–Kier alpha value is -1.68. The van der Waals surface area contributed by atoms with Gasteiger partial charge in [-0.25, -0.2) is 4.79 Å². The van der Waals surface area contributed by atoms with Crippen molar-refractivity contribution >= 4 is 28.9 Å². The third-order valence-corrected chi connectivity index (χ3v) is 2.84. The van der Waals surface area contributed by atoms with Gasteiger partial charge in [0.25, 0.3) is 0 Å². The molecule has 0 spiro atoms. The number of carboxylic acids is 1. The molecule has 0 fully saturated rings. The van der Waals surface area contributed by atoms with Crippen molar-refractivity contribution in [2.75, 3.05) is 6.61 Å². The van der Waals surface area contributed by atoms with Crippen LogP contribution in [0.5, 0.6) is 0 Å². The average molecular weight is 472 g/mol. The molecule has 0 saturated carbocycles. The van der Waals surface area contributed by atoms with Crippen molar-refractivity contribution in [3.05, 3.63) is 0 Å². The number of aliphatic hydroxyl groups excluding tert-OH is 9. The van der Waals surface area contributed by atoms with Crippen molar-refractivity contribution in [1.29, 1.82) is 0 Å². The summed E-state index contributed by atoms with van der Waals surface area (Å²) in [4.78, 5) is 29.9. The molecule has 8 atom stereocenters. The van der Waals surface area contributed by atoms with Crippen LogP contribution in [-0.2, 0) is 24.8 Å². The second kappa shape index (κ2) is 16.1. The van der Waals surface area contributed by atoms with Gasteiger partial charge in [-0.3, -0.25) is 9.11 Å². The minimum atomic E-state index is -4.67. The molecule has 0 aromatic heterocycles. The molecule has 18 heteroatoms. The van der Waals surface area contributed by atoms with Crippen molar-refractivity contribution in [2.24, 2.45) is 0 Å². The van der Waals surface area contributed by atoms with Crippen LogP contribution < -0.4 is 0 Å². The van der Waals surface area contributed by atoms with Gasteiger partial charge in [0.05, 0.1) is 6.61 Å². The van der Waals surface area contributed by atoms with E-state index in [1.54, 1.807) is 0 Å². The Morgan fingerprint density at radius 3 is 1.27 bits per heavy atom. The highest BCUT2D eigenvalue weighted by atomic mass is 32.3. The first-order valence-electron chi connectivity index (χ1n) is 7.34. The molecule has 0 amide bonds. The number of carboxylic acid groups (broad SMARTS) is 1. The Bertz CT molecular complexity index is 586. The van der Waals surface area contributed by atoms with Crippen LogP contribution in [0.25, 0.3) is 0 Å². The highest BCUT2D eigenvalue weighted by Crippen LogP contribution is 2.04. The molecule has 0 bridgehead atoms. The van der Waals surface area contributed by atoms with Gasteiger partial charge < -0.3 is 60.7 Å². The van der Waals surface area contributed by atoms with Crippen molar-refractivity contribution in [1.82, 2.24) is 0 Å². The van der Waals surface area contributed by atoms with E-state index in [-0.39, 0.29) is 12.6 Å². The molecule has 0 aliphatic carbocycles. The number of aliphatic carboxylic acids is 1. The van der Waals surface area contributed by atoms with E-state index in [4.69, 9.17) is 68.6 Å². The van der Waals surface area contributed by atoms with Gasteiger partial charge in [-0.2, -0.15) is 8.42 Å². The SMILES string of the molecule is O=CC(O)C(O)C(O)C(O)C(=O)O.O=CC(O)C(O)C(O)C(O)CO.O=S(=O)(O)O. The summed E-state index contributed by atoms with van der Waals surface area (Å²) in [5, 5.41) is 86.7. The van der Waals surface area contributed by atoms with Crippen molar-refractivity contribution in [3.63, 3.8) is 0 Å². The average Bonchev–Trinajstić information content (AvgIpc) is 2.67. The summed E-state index contributed by atoms with van der Waals surface area (Å²) in [5.74, 6) is -1.76. The maximum Gasteiger partial charge on any atom is 0.394 e. The van der Waals surface area contributed by atoms with E-state index in [1.165, 1.54) is 0 Å². The van der Waals surface area contributed by atoms with Gasteiger partial charge in [0, 0.05) is 0 Å². The highest BCUT2D eigenvalue weighted by Gasteiger charge is 2.34. The molecule has 0 heterocycles.